The van der Waals surface area contributed by atoms with E-state index in [0.29, 0.717) is 40.3 Å². The summed E-state index contributed by atoms with van der Waals surface area (Å²) in [5, 5.41) is 0.329. The number of hydrogen-bond donors (Lipinski definition) is 2. The van der Waals surface area contributed by atoms with Crippen molar-refractivity contribution in [2.24, 2.45) is 5.92 Å². The Bertz CT molecular complexity index is 2700. The molecular weight excluding hydrogens is 866 g/mol. The fourth-order valence-electron chi connectivity index (χ4n) is 9.01. The second kappa shape index (κ2) is 18.9. The fourth-order valence-corrected chi connectivity index (χ4v) is 10.3. The summed E-state index contributed by atoms with van der Waals surface area (Å²) in [5.74, 6) is -3.81. The van der Waals surface area contributed by atoms with E-state index in [-0.39, 0.29) is 42.3 Å². The molecular formula is C47H51F3N6O8S. The number of carbonyl (C=O) groups excluding carboxylic acids is 3. The van der Waals surface area contributed by atoms with Crippen LogP contribution in [0.2, 0.25) is 0 Å². The van der Waals surface area contributed by atoms with Gasteiger partial charge in [-0.15, -0.1) is 0 Å². The zero-order valence-electron chi connectivity index (χ0n) is 36.5. The Morgan fingerprint density at radius 1 is 0.892 bits per heavy atom. The van der Waals surface area contributed by atoms with Crippen LogP contribution in [-0.4, -0.2) is 117 Å². The third-order valence-corrected chi connectivity index (χ3v) is 14.2. The summed E-state index contributed by atoms with van der Waals surface area (Å²) in [6.07, 6.45) is 5.34. The lowest BCUT2D eigenvalue weighted by Gasteiger charge is -2.46. The van der Waals surface area contributed by atoms with Gasteiger partial charge in [0.2, 0.25) is 5.78 Å². The molecule has 2 saturated heterocycles. The number of ketones is 1. The van der Waals surface area contributed by atoms with Crippen molar-refractivity contribution >= 4 is 50.3 Å². The van der Waals surface area contributed by atoms with Gasteiger partial charge in [-0.1, -0.05) is 12.1 Å². The number of aromatic amines is 1. The SMILES string of the molecule is COC(=O)c1ccc(O[C@H]2C[C@H](N(CC3CCN(c4ccc(-c5cnc6[nH]cc(C(=O)c7c(F)ccc(NS(=O)(=O)N8CC[C@@H](F)C8)c7F)c6c5)cc4)CC3)C(C)C)C2)cc1C(=O)OC. The first-order valence-corrected chi connectivity index (χ1v) is 23.1. The molecule has 2 N–H and O–H groups in total. The van der Waals surface area contributed by atoms with Crippen LogP contribution in [0.15, 0.2) is 73.1 Å². The maximum atomic E-state index is 15.8. The second-order valence-corrected chi connectivity index (χ2v) is 18.8. The summed E-state index contributed by atoms with van der Waals surface area (Å²) in [5.41, 5.74) is 1.50. The first-order chi connectivity index (χ1) is 31.1. The number of ether oxygens (including phenoxy) is 3. The molecule has 18 heteroatoms. The lowest BCUT2D eigenvalue weighted by molar-refractivity contribution is -0.00664. The third-order valence-electron chi connectivity index (χ3n) is 12.7. The van der Waals surface area contributed by atoms with Crippen LogP contribution in [0, 0.1) is 17.6 Å². The normalized spacial score (nSPS) is 19.4. The number of H-pyrrole nitrogens is 1. The van der Waals surface area contributed by atoms with Gasteiger partial charge in [-0.05, 0) is 93.1 Å². The lowest BCUT2D eigenvalue weighted by atomic mass is 9.85. The number of piperidine rings is 1. The maximum absolute atomic E-state index is 15.8. The van der Waals surface area contributed by atoms with E-state index in [2.05, 4.69) is 33.6 Å². The van der Waals surface area contributed by atoms with Gasteiger partial charge in [-0.3, -0.25) is 14.4 Å². The van der Waals surface area contributed by atoms with Crippen molar-refractivity contribution in [2.75, 3.05) is 56.6 Å². The largest absolute Gasteiger partial charge is 0.490 e. The van der Waals surface area contributed by atoms with E-state index < -0.39 is 57.0 Å². The Balaban J connectivity index is 0.874. The van der Waals surface area contributed by atoms with Gasteiger partial charge in [-0.2, -0.15) is 12.7 Å². The summed E-state index contributed by atoms with van der Waals surface area (Å²) >= 11 is 0. The molecule has 0 spiro atoms. The van der Waals surface area contributed by atoms with Crippen molar-refractivity contribution in [3.8, 4) is 16.9 Å². The molecule has 2 aromatic heterocycles. The predicted octanol–water partition coefficient (Wildman–Crippen LogP) is 7.55. The summed E-state index contributed by atoms with van der Waals surface area (Å²) in [6, 6.07) is 16.9. The molecule has 3 fully saturated rings. The van der Waals surface area contributed by atoms with Crippen molar-refractivity contribution in [1.29, 1.82) is 0 Å². The van der Waals surface area contributed by atoms with E-state index in [1.165, 1.54) is 32.5 Å². The average Bonchev–Trinajstić information content (AvgIpc) is 3.94. The summed E-state index contributed by atoms with van der Waals surface area (Å²) in [6.45, 7) is 6.72. The first-order valence-electron chi connectivity index (χ1n) is 21.6. The highest BCUT2D eigenvalue weighted by Gasteiger charge is 2.38. The number of carbonyl (C=O) groups is 3. The van der Waals surface area contributed by atoms with Crippen molar-refractivity contribution < 1.29 is 50.2 Å². The van der Waals surface area contributed by atoms with Crippen LogP contribution in [-0.2, 0) is 19.7 Å². The van der Waals surface area contributed by atoms with Crippen molar-refractivity contribution in [2.45, 2.75) is 70.3 Å². The minimum Gasteiger partial charge on any atom is -0.490 e. The number of nitrogens with one attached hydrogen (secondary N) is 2. The highest BCUT2D eigenvalue weighted by Crippen LogP contribution is 2.36. The third kappa shape index (κ3) is 9.56. The van der Waals surface area contributed by atoms with E-state index in [9.17, 15) is 27.2 Å². The number of aromatic nitrogens is 2. The van der Waals surface area contributed by atoms with Crippen LogP contribution in [0.3, 0.4) is 0 Å². The summed E-state index contributed by atoms with van der Waals surface area (Å²) in [7, 11) is -1.84. The Hall–Kier alpha value is -5.98. The molecule has 1 aliphatic carbocycles. The van der Waals surface area contributed by atoms with Crippen LogP contribution >= 0.6 is 0 Å². The van der Waals surface area contributed by atoms with E-state index in [0.717, 1.165) is 73.0 Å². The number of anilines is 2. The van der Waals surface area contributed by atoms with Gasteiger partial charge in [0, 0.05) is 92.2 Å². The zero-order chi connectivity index (χ0) is 46.2. The molecule has 14 nitrogen and oxygen atoms in total. The van der Waals surface area contributed by atoms with Gasteiger partial charge < -0.3 is 24.1 Å². The lowest BCUT2D eigenvalue weighted by Crippen LogP contribution is -2.53. The van der Waals surface area contributed by atoms with Crippen molar-refractivity contribution in [3.63, 3.8) is 0 Å². The van der Waals surface area contributed by atoms with Gasteiger partial charge >= 0.3 is 22.1 Å². The molecule has 2 aliphatic heterocycles. The monoisotopic (exact) mass is 916 g/mol. The number of benzene rings is 3. The molecule has 0 radical (unpaired) electrons. The number of methoxy groups -OCH3 is 2. The molecule has 3 aromatic carbocycles. The number of hydrogen-bond acceptors (Lipinski definition) is 11. The second-order valence-electron chi connectivity index (χ2n) is 17.1. The summed E-state index contributed by atoms with van der Waals surface area (Å²) in [4.78, 5) is 50.6. The number of nitrogens with zero attached hydrogens (tertiary/aromatic N) is 4. The van der Waals surface area contributed by atoms with Gasteiger partial charge in [0.15, 0.2) is 5.82 Å². The molecule has 1 saturated carbocycles. The highest BCUT2D eigenvalue weighted by molar-refractivity contribution is 7.90. The van der Waals surface area contributed by atoms with Crippen molar-refractivity contribution in [1.82, 2.24) is 19.2 Å². The highest BCUT2D eigenvalue weighted by atomic mass is 32.2. The van der Waals surface area contributed by atoms with E-state index in [1.54, 1.807) is 18.3 Å². The molecule has 65 heavy (non-hydrogen) atoms. The minimum atomic E-state index is -4.36. The molecule has 1 atom stereocenters. The number of pyridine rings is 1. The number of fused-ring (bicyclic) bond motifs is 1. The minimum absolute atomic E-state index is 0.00169. The molecule has 0 amide bonds. The van der Waals surface area contributed by atoms with E-state index >= 15 is 8.78 Å². The van der Waals surface area contributed by atoms with Crippen molar-refractivity contribution in [3.05, 3.63) is 107 Å². The van der Waals surface area contributed by atoms with Crippen LogP contribution in [0.1, 0.15) is 82.6 Å². The molecule has 3 aliphatic rings. The molecule has 4 heterocycles. The van der Waals surface area contributed by atoms with Gasteiger partial charge in [0.05, 0.1) is 36.6 Å². The zero-order valence-corrected chi connectivity index (χ0v) is 37.3. The maximum Gasteiger partial charge on any atom is 0.338 e. The fraction of sp³-hybridized carbons (Fsp3) is 0.404. The van der Waals surface area contributed by atoms with Crippen LogP contribution < -0.4 is 14.4 Å². The number of alkyl halides is 1. The van der Waals surface area contributed by atoms with Gasteiger partial charge in [-0.25, -0.2) is 27.7 Å². The Morgan fingerprint density at radius 3 is 2.26 bits per heavy atom. The predicted molar refractivity (Wildman–Crippen MR) is 238 cm³/mol. The quantitative estimate of drug-likeness (QED) is 0.0788. The molecule has 0 bridgehead atoms. The molecule has 0 unspecified atom stereocenters. The van der Waals surface area contributed by atoms with Gasteiger partial charge in [0.1, 0.15) is 29.5 Å². The Labute approximate surface area is 375 Å². The topological polar surface area (TPSA) is 163 Å². The molecule has 344 valence electrons. The number of esters is 2. The summed E-state index contributed by atoms with van der Waals surface area (Å²) < 4.78 is 89.0. The number of rotatable bonds is 15. The van der Waals surface area contributed by atoms with E-state index in [1.807, 2.05) is 29.0 Å². The molecule has 5 aromatic rings. The van der Waals surface area contributed by atoms with E-state index in [4.69, 9.17) is 14.2 Å². The van der Waals surface area contributed by atoms with Gasteiger partial charge in [0.25, 0.3) is 0 Å². The first kappa shape index (κ1) is 45.6. The number of halogens is 3. The van der Waals surface area contributed by atoms with Crippen LogP contribution in [0.4, 0.5) is 24.5 Å². The van der Waals surface area contributed by atoms with Crippen LogP contribution in [0.25, 0.3) is 22.2 Å². The average molecular weight is 917 g/mol. The Morgan fingerprint density at radius 2 is 1.60 bits per heavy atom. The standard InChI is InChI=1S/C47H51F3N6O8S/c1-27(2)56(33-20-35(21-33)64-34-9-10-36(46(58)62-3)38(22-34)47(59)63-4)25-28-13-16-54(17-14-28)32-7-5-29(6-8-32)30-19-37-39(24-52-45(37)51-23-30)44(57)42-40(49)11-12-41(43(42)50)53-65(60,61)55-18-15-31(48)26-55/h5-12,19,22-24,27-28,31,33,35,53H,13-18,20-21,25-26H2,1-4H3,(H,51,52)/t31-,33-,35-/m1/s1. The Kier molecular flexibility index (Phi) is 13.2. The smallest absolute Gasteiger partial charge is 0.338 e. The molecule has 8 rings (SSSR count). The van der Waals surface area contributed by atoms with Crippen LogP contribution in [0.5, 0.6) is 5.75 Å².